The molecule has 0 aliphatic heterocycles. The predicted molar refractivity (Wildman–Crippen MR) is 55.2 cm³/mol. The maximum absolute atomic E-state index is 3.48. The fourth-order valence-corrected chi connectivity index (χ4v) is 1.63. The Morgan fingerprint density at radius 1 is 1.40 bits per heavy atom. The first kappa shape index (κ1) is 10.8. The van der Waals surface area contributed by atoms with Crippen molar-refractivity contribution in [1.29, 1.82) is 0 Å². The van der Waals surface area contributed by atoms with E-state index in [9.17, 15) is 0 Å². The number of hydrogen-bond donors (Lipinski definition) is 0. The van der Waals surface area contributed by atoms with Gasteiger partial charge in [0, 0.05) is 5.33 Å². The van der Waals surface area contributed by atoms with Crippen molar-refractivity contribution in [2.45, 2.75) is 26.2 Å². The van der Waals surface area contributed by atoms with Gasteiger partial charge in [0.15, 0.2) is 0 Å². The van der Waals surface area contributed by atoms with E-state index in [-0.39, 0.29) is 0 Å². The van der Waals surface area contributed by atoms with E-state index in [1.54, 1.807) is 0 Å². The molecule has 0 N–H and O–H groups in total. The largest absolute Gasteiger partial charge is 0.165 e. The molecule has 10 heavy (non-hydrogen) atoms. The summed E-state index contributed by atoms with van der Waals surface area (Å²) >= 11 is 5.43. The quantitative estimate of drug-likeness (QED) is 0.492. The van der Waals surface area contributed by atoms with Crippen LogP contribution in [0.3, 0.4) is 0 Å². The van der Waals surface area contributed by atoms with Crippen LogP contribution in [0, 0.1) is 5.92 Å². The summed E-state index contributed by atoms with van der Waals surface area (Å²) in [6, 6.07) is 0. The number of halogens is 1. The van der Waals surface area contributed by atoms with Crippen molar-refractivity contribution in [3.05, 3.63) is 0 Å². The van der Waals surface area contributed by atoms with Gasteiger partial charge >= 0.3 is 0 Å². The highest BCUT2D eigenvalue weighted by Gasteiger charge is 1.97. The normalized spacial score (nSPS) is 13.5. The third-order valence-corrected chi connectivity index (χ3v) is 3.36. The Morgan fingerprint density at radius 2 is 2.10 bits per heavy atom. The molecule has 0 heterocycles. The van der Waals surface area contributed by atoms with Gasteiger partial charge in [0.2, 0.25) is 0 Å². The Bertz CT molecular complexity index is 66.3. The minimum atomic E-state index is 0.863. The van der Waals surface area contributed by atoms with Crippen LogP contribution in [0.4, 0.5) is 0 Å². The monoisotopic (exact) mass is 224 g/mol. The van der Waals surface area contributed by atoms with Crippen LogP contribution in [-0.4, -0.2) is 17.3 Å². The molecule has 0 bridgehead atoms. The number of hydrogen-bond acceptors (Lipinski definition) is 1. The minimum absolute atomic E-state index is 0.863. The van der Waals surface area contributed by atoms with Gasteiger partial charge in [-0.05, 0) is 30.8 Å². The van der Waals surface area contributed by atoms with Crippen LogP contribution < -0.4 is 0 Å². The second-order valence-electron chi connectivity index (χ2n) is 2.75. The van der Waals surface area contributed by atoms with E-state index in [4.69, 9.17) is 0 Å². The first-order valence-electron chi connectivity index (χ1n) is 3.86. The SMILES string of the molecule is CSCCCCC(C)CBr. The molecule has 0 aliphatic carbocycles. The Morgan fingerprint density at radius 3 is 2.60 bits per heavy atom. The Balaban J connectivity index is 2.89. The molecule has 0 saturated carbocycles. The van der Waals surface area contributed by atoms with E-state index in [0.29, 0.717) is 0 Å². The predicted octanol–water partition coefficient (Wildman–Crippen LogP) is 3.55. The molecule has 0 fully saturated rings. The number of alkyl halides is 1. The van der Waals surface area contributed by atoms with Gasteiger partial charge in [-0.15, -0.1) is 0 Å². The fourth-order valence-electron chi connectivity index (χ4n) is 0.816. The molecule has 0 aromatic heterocycles. The molecule has 2 heteroatoms. The molecule has 0 nitrogen and oxygen atoms in total. The zero-order valence-corrected chi connectivity index (χ0v) is 9.30. The van der Waals surface area contributed by atoms with Crippen LogP contribution in [-0.2, 0) is 0 Å². The number of thioether (sulfide) groups is 1. The lowest BCUT2D eigenvalue weighted by molar-refractivity contribution is 0.562. The van der Waals surface area contributed by atoms with Crippen molar-refractivity contribution in [1.82, 2.24) is 0 Å². The van der Waals surface area contributed by atoms with E-state index >= 15 is 0 Å². The highest BCUT2D eigenvalue weighted by Crippen LogP contribution is 2.11. The van der Waals surface area contributed by atoms with Gasteiger partial charge in [0.25, 0.3) is 0 Å². The Hall–Kier alpha value is 0.830. The average Bonchev–Trinajstić information content (AvgIpc) is 1.98. The third-order valence-electron chi connectivity index (χ3n) is 1.56. The van der Waals surface area contributed by atoms with Gasteiger partial charge in [-0.2, -0.15) is 11.8 Å². The first-order chi connectivity index (χ1) is 4.81. The summed E-state index contributed by atoms with van der Waals surface area (Å²) in [5, 5.41) is 1.16. The molecule has 0 amide bonds. The summed E-state index contributed by atoms with van der Waals surface area (Å²) in [7, 11) is 0. The van der Waals surface area contributed by atoms with Crippen molar-refractivity contribution < 1.29 is 0 Å². The van der Waals surface area contributed by atoms with Crippen LogP contribution in [0.1, 0.15) is 26.2 Å². The van der Waals surface area contributed by atoms with Crippen molar-refractivity contribution in [3.63, 3.8) is 0 Å². The molecule has 0 aromatic carbocycles. The highest BCUT2D eigenvalue weighted by molar-refractivity contribution is 9.09. The minimum Gasteiger partial charge on any atom is -0.165 e. The summed E-state index contributed by atoms with van der Waals surface area (Å²) in [5.74, 6) is 2.19. The molecular formula is C8H17BrS. The van der Waals surface area contributed by atoms with Crippen LogP contribution in [0.2, 0.25) is 0 Å². The smallest absolute Gasteiger partial charge is 0.00570 e. The number of unbranched alkanes of at least 4 members (excludes halogenated alkanes) is 1. The van der Waals surface area contributed by atoms with Gasteiger partial charge in [-0.3, -0.25) is 0 Å². The van der Waals surface area contributed by atoms with Gasteiger partial charge < -0.3 is 0 Å². The second kappa shape index (κ2) is 7.93. The maximum Gasteiger partial charge on any atom is 0.00570 e. The molecular weight excluding hydrogens is 208 g/mol. The fraction of sp³-hybridized carbons (Fsp3) is 1.00. The van der Waals surface area contributed by atoms with E-state index in [0.717, 1.165) is 11.2 Å². The van der Waals surface area contributed by atoms with Gasteiger partial charge in [0.05, 0.1) is 0 Å². The maximum atomic E-state index is 3.48. The Kier molecular flexibility index (Phi) is 8.59. The lowest BCUT2D eigenvalue weighted by Crippen LogP contribution is -1.95. The van der Waals surface area contributed by atoms with E-state index in [2.05, 4.69) is 29.1 Å². The van der Waals surface area contributed by atoms with Crippen LogP contribution in [0.5, 0.6) is 0 Å². The molecule has 1 atom stereocenters. The highest BCUT2D eigenvalue weighted by atomic mass is 79.9. The summed E-state index contributed by atoms with van der Waals surface area (Å²) in [6.07, 6.45) is 6.34. The lowest BCUT2D eigenvalue weighted by Gasteiger charge is -2.05. The zero-order valence-electron chi connectivity index (χ0n) is 6.90. The number of rotatable bonds is 6. The second-order valence-corrected chi connectivity index (χ2v) is 4.38. The summed E-state index contributed by atoms with van der Waals surface area (Å²) in [5.41, 5.74) is 0. The third kappa shape index (κ3) is 6.94. The first-order valence-corrected chi connectivity index (χ1v) is 6.37. The van der Waals surface area contributed by atoms with E-state index < -0.39 is 0 Å². The van der Waals surface area contributed by atoms with Crippen LogP contribution in [0.25, 0.3) is 0 Å². The summed E-state index contributed by atoms with van der Waals surface area (Å²) in [6.45, 7) is 2.30. The lowest BCUT2D eigenvalue weighted by atomic mass is 10.1. The molecule has 0 aromatic rings. The van der Waals surface area contributed by atoms with E-state index in [1.807, 2.05) is 11.8 Å². The molecule has 0 rings (SSSR count). The van der Waals surface area contributed by atoms with Crippen molar-refractivity contribution in [2.24, 2.45) is 5.92 Å². The molecule has 0 radical (unpaired) electrons. The molecule has 62 valence electrons. The molecule has 1 unspecified atom stereocenters. The summed E-state index contributed by atoms with van der Waals surface area (Å²) in [4.78, 5) is 0. The molecule has 0 aliphatic rings. The van der Waals surface area contributed by atoms with Crippen molar-refractivity contribution >= 4 is 27.7 Å². The van der Waals surface area contributed by atoms with Gasteiger partial charge in [0.1, 0.15) is 0 Å². The summed E-state index contributed by atoms with van der Waals surface area (Å²) < 4.78 is 0. The topological polar surface area (TPSA) is 0 Å². The van der Waals surface area contributed by atoms with Crippen LogP contribution >= 0.6 is 27.7 Å². The zero-order chi connectivity index (χ0) is 7.82. The van der Waals surface area contributed by atoms with Gasteiger partial charge in [-0.25, -0.2) is 0 Å². The van der Waals surface area contributed by atoms with Gasteiger partial charge in [-0.1, -0.05) is 29.3 Å². The molecule has 0 saturated heterocycles. The van der Waals surface area contributed by atoms with Crippen molar-refractivity contribution in [2.75, 3.05) is 17.3 Å². The average molecular weight is 225 g/mol. The van der Waals surface area contributed by atoms with Crippen molar-refractivity contribution in [3.8, 4) is 0 Å². The van der Waals surface area contributed by atoms with Crippen LogP contribution in [0.15, 0.2) is 0 Å². The Labute approximate surface area is 77.3 Å². The standard InChI is InChI=1S/C8H17BrS/c1-8(7-9)5-3-4-6-10-2/h8H,3-7H2,1-2H3. The molecule has 0 spiro atoms. The van der Waals surface area contributed by atoms with E-state index in [1.165, 1.54) is 25.0 Å².